The second-order valence-corrected chi connectivity index (χ2v) is 8.13. The fourth-order valence-corrected chi connectivity index (χ4v) is 3.99. The lowest BCUT2D eigenvalue weighted by molar-refractivity contribution is -0.274. The van der Waals surface area contributed by atoms with Gasteiger partial charge in [0.15, 0.2) is 0 Å². The number of hydrogen-bond acceptors (Lipinski definition) is 5. The Morgan fingerprint density at radius 2 is 1.75 bits per heavy atom. The smallest absolute Gasteiger partial charge is 0.491 e. The van der Waals surface area contributed by atoms with E-state index in [-0.39, 0.29) is 30.4 Å². The number of carbonyl (C=O) groups excluding carboxylic acids is 1. The highest BCUT2D eigenvalue weighted by Crippen LogP contribution is 2.35. The summed E-state index contributed by atoms with van der Waals surface area (Å²) < 4.78 is 60.8. The largest absolute Gasteiger partial charge is 0.573 e. The maximum Gasteiger partial charge on any atom is 0.573 e. The number of nitrogens with two attached hydrogens (primary N) is 1. The maximum absolute atomic E-state index is 14.0. The van der Waals surface area contributed by atoms with Crippen LogP contribution < -0.4 is 25.4 Å². The molecule has 2 aromatic carbocycles. The molecule has 2 heterocycles. The highest BCUT2D eigenvalue weighted by atomic mass is 19.4. The molecule has 32 heavy (non-hydrogen) atoms. The zero-order chi connectivity index (χ0) is 22.9. The number of nitrogens with zero attached hydrogens (tertiary/aromatic N) is 1. The Balaban J connectivity index is 1.35. The number of hydrogen-bond donors (Lipinski definition) is 2. The van der Waals surface area contributed by atoms with E-state index in [1.165, 1.54) is 18.2 Å². The molecular weight excluding hydrogens is 430 g/mol. The summed E-state index contributed by atoms with van der Waals surface area (Å²) >= 11 is 0. The summed E-state index contributed by atoms with van der Waals surface area (Å²) in [5.74, 6) is -0.482. The van der Waals surface area contributed by atoms with E-state index in [4.69, 9.17) is 10.5 Å². The van der Waals surface area contributed by atoms with Crippen LogP contribution in [0.25, 0.3) is 0 Å². The quantitative estimate of drug-likeness (QED) is 0.670. The van der Waals surface area contributed by atoms with Crippen molar-refractivity contribution in [3.63, 3.8) is 0 Å². The van der Waals surface area contributed by atoms with E-state index in [2.05, 4.69) is 10.1 Å². The van der Waals surface area contributed by atoms with E-state index in [0.29, 0.717) is 43.7 Å². The molecule has 1 amide bonds. The molecule has 2 aromatic rings. The van der Waals surface area contributed by atoms with E-state index in [9.17, 15) is 22.4 Å². The highest BCUT2D eigenvalue weighted by Gasteiger charge is 2.33. The Kier molecular flexibility index (Phi) is 5.89. The molecule has 1 fully saturated rings. The van der Waals surface area contributed by atoms with Gasteiger partial charge in [-0.2, -0.15) is 0 Å². The molecule has 2 aliphatic heterocycles. The normalized spacial score (nSPS) is 18.0. The van der Waals surface area contributed by atoms with E-state index >= 15 is 0 Å². The molecule has 0 atom stereocenters. The van der Waals surface area contributed by atoms with Gasteiger partial charge in [0.2, 0.25) is 5.91 Å². The molecule has 3 N–H and O–H groups in total. The Bertz CT molecular complexity index is 987. The number of piperidine rings is 1. The Morgan fingerprint density at radius 3 is 2.41 bits per heavy atom. The van der Waals surface area contributed by atoms with Crippen LogP contribution in [0.15, 0.2) is 36.4 Å². The number of halogens is 4. The molecule has 0 saturated carbocycles. The number of amides is 1. The van der Waals surface area contributed by atoms with Gasteiger partial charge in [-0.15, -0.1) is 13.2 Å². The number of nitrogens with one attached hydrogen (secondary N) is 1. The lowest BCUT2D eigenvalue weighted by Gasteiger charge is -2.40. The molecule has 10 heteroatoms. The van der Waals surface area contributed by atoms with Crippen molar-refractivity contribution in [1.82, 2.24) is 0 Å². The van der Waals surface area contributed by atoms with Gasteiger partial charge in [-0.25, -0.2) is 4.39 Å². The molecule has 0 radical (unpaired) electrons. The number of fused-ring (bicyclic) bond motifs is 1. The van der Waals surface area contributed by atoms with Gasteiger partial charge in [-0.05, 0) is 55.7 Å². The van der Waals surface area contributed by atoms with Crippen LogP contribution in [0.2, 0.25) is 0 Å². The van der Waals surface area contributed by atoms with Crippen LogP contribution in [0.1, 0.15) is 24.8 Å². The van der Waals surface area contributed by atoms with Crippen molar-refractivity contribution in [2.24, 2.45) is 5.73 Å². The molecule has 0 aliphatic carbocycles. The monoisotopic (exact) mass is 453 g/mol. The first-order chi connectivity index (χ1) is 15.1. The molecule has 0 bridgehead atoms. The first kappa shape index (κ1) is 22.2. The lowest BCUT2D eigenvalue weighted by atomic mass is 9.89. The summed E-state index contributed by atoms with van der Waals surface area (Å²) in [4.78, 5) is 13.6. The number of carbonyl (C=O) groups is 1. The van der Waals surface area contributed by atoms with Gasteiger partial charge >= 0.3 is 6.36 Å². The van der Waals surface area contributed by atoms with Crippen molar-refractivity contribution in [1.29, 1.82) is 0 Å². The predicted molar refractivity (Wildman–Crippen MR) is 110 cm³/mol. The van der Waals surface area contributed by atoms with Crippen molar-refractivity contribution in [3.05, 3.63) is 47.8 Å². The average Bonchev–Trinajstić information content (AvgIpc) is 2.74. The van der Waals surface area contributed by atoms with Crippen molar-refractivity contribution < 1.29 is 31.8 Å². The third-order valence-electron chi connectivity index (χ3n) is 5.80. The number of ether oxygens (including phenoxy) is 2. The zero-order valence-electron chi connectivity index (χ0n) is 17.2. The summed E-state index contributed by atoms with van der Waals surface area (Å²) in [6.07, 6.45) is -2.85. The molecule has 0 aromatic heterocycles. The standard InChI is InChI=1S/C22H23F4N3O3/c23-17-6-7-18(16-5-8-19(30)28-20(16)17)31-13-21(27)9-11-29(12-10-21)14-1-3-15(4-2-14)32-22(24,25)26/h1-4,6-7H,5,8-13,27H2,(H,28,30). The molecule has 6 nitrogen and oxygen atoms in total. The number of benzene rings is 2. The zero-order valence-corrected chi connectivity index (χ0v) is 17.2. The Morgan fingerprint density at radius 1 is 1.06 bits per heavy atom. The first-order valence-electron chi connectivity index (χ1n) is 10.3. The number of rotatable bonds is 5. The van der Waals surface area contributed by atoms with Crippen LogP contribution in [0, 0.1) is 5.82 Å². The van der Waals surface area contributed by atoms with Crippen LogP contribution in [-0.2, 0) is 11.2 Å². The fraction of sp³-hybridized carbons (Fsp3) is 0.409. The van der Waals surface area contributed by atoms with Crippen molar-refractivity contribution in [3.8, 4) is 11.5 Å². The second-order valence-electron chi connectivity index (χ2n) is 8.13. The summed E-state index contributed by atoms with van der Waals surface area (Å²) in [6.45, 7) is 1.44. The average molecular weight is 453 g/mol. The summed E-state index contributed by atoms with van der Waals surface area (Å²) in [7, 11) is 0. The van der Waals surface area contributed by atoms with Gasteiger partial charge < -0.3 is 25.4 Å². The molecule has 0 unspecified atom stereocenters. The minimum atomic E-state index is -4.72. The third kappa shape index (κ3) is 5.07. The van der Waals surface area contributed by atoms with Gasteiger partial charge in [-0.3, -0.25) is 4.79 Å². The van der Waals surface area contributed by atoms with Crippen molar-refractivity contribution >= 4 is 17.3 Å². The van der Waals surface area contributed by atoms with Gasteiger partial charge in [0, 0.05) is 30.8 Å². The second kappa shape index (κ2) is 8.50. The fourth-order valence-electron chi connectivity index (χ4n) is 3.99. The highest BCUT2D eigenvalue weighted by molar-refractivity contribution is 5.94. The van der Waals surface area contributed by atoms with E-state index in [0.717, 1.165) is 5.69 Å². The third-order valence-corrected chi connectivity index (χ3v) is 5.80. The lowest BCUT2D eigenvalue weighted by Crippen LogP contribution is -2.54. The summed E-state index contributed by atoms with van der Waals surface area (Å²) in [5.41, 5.74) is 7.51. The number of anilines is 2. The van der Waals surface area contributed by atoms with Crippen LogP contribution >= 0.6 is 0 Å². The molecule has 4 rings (SSSR count). The molecule has 172 valence electrons. The summed E-state index contributed by atoms with van der Waals surface area (Å²) in [5, 5.41) is 2.55. The van der Waals surface area contributed by atoms with Crippen LogP contribution in [0.5, 0.6) is 11.5 Å². The maximum atomic E-state index is 14.0. The predicted octanol–water partition coefficient (Wildman–Crippen LogP) is 3.99. The summed E-state index contributed by atoms with van der Waals surface area (Å²) in [6, 6.07) is 8.55. The topological polar surface area (TPSA) is 76.8 Å². The van der Waals surface area contributed by atoms with Gasteiger partial charge in [-0.1, -0.05) is 0 Å². The van der Waals surface area contributed by atoms with Crippen LogP contribution in [-0.4, -0.2) is 37.5 Å². The molecular formula is C22H23F4N3O3. The Labute approximate surface area is 182 Å². The minimum absolute atomic E-state index is 0.164. The number of alkyl halides is 3. The van der Waals surface area contributed by atoms with Gasteiger partial charge in [0.1, 0.15) is 23.9 Å². The molecule has 0 spiro atoms. The van der Waals surface area contributed by atoms with Gasteiger partial charge in [0.05, 0.1) is 11.2 Å². The SMILES string of the molecule is NC1(COc2ccc(F)c3c2CCC(=O)N3)CCN(c2ccc(OC(F)(F)F)cc2)CC1. The first-order valence-corrected chi connectivity index (χ1v) is 10.3. The van der Waals surface area contributed by atoms with Gasteiger partial charge in [0.25, 0.3) is 0 Å². The van der Waals surface area contributed by atoms with Crippen LogP contribution in [0.3, 0.4) is 0 Å². The Hall–Kier alpha value is -3.01. The van der Waals surface area contributed by atoms with Crippen molar-refractivity contribution in [2.75, 3.05) is 29.9 Å². The van der Waals surface area contributed by atoms with E-state index < -0.39 is 17.7 Å². The van der Waals surface area contributed by atoms with E-state index in [1.807, 2.05) is 4.90 Å². The van der Waals surface area contributed by atoms with Crippen molar-refractivity contribution in [2.45, 2.75) is 37.6 Å². The minimum Gasteiger partial charge on any atom is -0.491 e. The van der Waals surface area contributed by atoms with Crippen LogP contribution in [0.4, 0.5) is 28.9 Å². The van der Waals surface area contributed by atoms with E-state index in [1.54, 1.807) is 18.2 Å². The molecule has 2 aliphatic rings. The molecule has 1 saturated heterocycles.